The summed E-state index contributed by atoms with van der Waals surface area (Å²) in [6.45, 7) is 0.282. The van der Waals surface area contributed by atoms with Crippen molar-refractivity contribution in [2.45, 2.75) is 25.6 Å². The molecule has 0 saturated carbocycles. The second-order valence-electron chi connectivity index (χ2n) is 9.67. The van der Waals surface area contributed by atoms with Crippen molar-refractivity contribution in [1.82, 2.24) is 19.9 Å². The van der Waals surface area contributed by atoms with E-state index >= 15 is 0 Å². The number of anilines is 3. The van der Waals surface area contributed by atoms with Crippen LogP contribution < -0.4 is 15.5 Å². The predicted molar refractivity (Wildman–Crippen MR) is 152 cm³/mol. The minimum absolute atomic E-state index is 0.0124. The molecule has 0 aliphatic carbocycles. The number of nitrogens with one attached hydrogen (secondary N) is 2. The molecular weight excluding hydrogens is 607 g/mol. The molecule has 0 spiro atoms. The minimum atomic E-state index is -4.27. The number of pyridine rings is 1. The van der Waals surface area contributed by atoms with Gasteiger partial charge in [-0.05, 0) is 42.7 Å². The summed E-state index contributed by atoms with van der Waals surface area (Å²) in [5, 5.41) is 6.53. The van der Waals surface area contributed by atoms with Crippen LogP contribution in [0.2, 0.25) is 15.1 Å². The predicted octanol–water partition coefficient (Wildman–Crippen LogP) is 7.52. The monoisotopic (exact) mass is 628 g/mol. The lowest BCUT2D eigenvalue weighted by Crippen LogP contribution is -2.41. The first-order valence-corrected chi connectivity index (χ1v) is 13.7. The van der Waals surface area contributed by atoms with Gasteiger partial charge >= 0.3 is 6.18 Å². The van der Waals surface area contributed by atoms with Gasteiger partial charge in [-0.15, -0.1) is 0 Å². The first kappa shape index (κ1) is 29.2. The van der Waals surface area contributed by atoms with Crippen molar-refractivity contribution in [2.24, 2.45) is 13.0 Å². The summed E-state index contributed by atoms with van der Waals surface area (Å²) in [6.07, 6.45) is -1.52. The van der Waals surface area contributed by atoms with Gasteiger partial charge in [-0.25, -0.2) is 9.37 Å². The molecule has 2 aromatic carbocycles. The van der Waals surface area contributed by atoms with Crippen LogP contribution in [-0.2, 0) is 13.6 Å². The van der Waals surface area contributed by atoms with Gasteiger partial charge in [0.25, 0.3) is 5.91 Å². The highest BCUT2D eigenvalue weighted by Gasteiger charge is 2.42. The van der Waals surface area contributed by atoms with E-state index in [0.717, 1.165) is 6.20 Å². The van der Waals surface area contributed by atoms with Crippen LogP contribution in [0, 0.1) is 11.7 Å². The van der Waals surface area contributed by atoms with Crippen LogP contribution in [-0.4, -0.2) is 39.7 Å². The Morgan fingerprint density at radius 3 is 2.66 bits per heavy atom. The Hall–Kier alpha value is -3.28. The topological polar surface area (TPSA) is 75.1 Å². The van der Waals surface area contributed by atoms with Crippen LogP contribution in [0.3, 0.4) is 0 Å². The Morgan fingerprint density at radius 2 is 1.93 bits per heavy atom. The Kier molecular flexibility index (Phi) is 8.22. The quantitative estimate of drug-likeness (QED) is 0.216. The SMILES string of the molecule is Cn1c(Nc2c(Cl)ccc(CNC(=O)c3ccncc3F)c2Cl)nc2cc(Cl)c(N3CCCC(C(F)(F)F)C3)cc21. The fourth-order valence-electron chi connectivity index (χ4n) is 4.81. The zero-order valence-corrected chi connectivity index (χ0v) is 23.8. The Morgan fingerprint density at radius 1 is 1.15 bits per heavy atom. The molecule has 1 aliphatic rings. The van der Waals surface area contributed by atoms with Crippen molar-refractivity contribution in [3.8, 4) is 0 Å². The molecule has 1 atom stereocenters. The highest BCUT2D eigenvalue weighted by molar-refractivity contribution is 6.39. The summed E-state index contributed by atoms with van der Waals surface area (Å²) in [4.78, 5) is 22.3. The molecule has 1 saturated heterocycles. The molecule has 14 heteroatoms. The fraction of sp³-hybridized carbons (Fsp3) is 0.296. The van der Waals surface area contributed by atoms with Crippen LogP contribution >= 0.6 is 34.8 Å². The van der Waals surface area contributed by atoms with E-state index in [1.165, 1.54) is 12.3 Å². The van der Waals surface area contributed by atoms with E-state index in [9.17, 15) is 22.4 Å². The smallest absolute Gasteiger partial charge is 0.370 e. The summed E-state index contributed by atoms with van der Waals surface area (Å²) in [5.74, 6) is -2.45. The number of aryl methyl sites for hydroxylation is 1. The van der Waals surface area contributed by atoms with Crippen molar-refractivity contribution in [2.75, 3.05) is 23.3 Å². The largest absolute Gasteiger partial charge is 0.393 e. The molecule has 2 N–H and O–H groups in total. The van der Waals surface area contributed by atoms with Crippen LogP contribution in [0.15, 0.2) is 42.7 Å². The first-order chi connectivity index (χ1) is 19.4. The number of carbonyl (C=O) groups is 1. The molecule has 3 heterocycles. The average Bonchev–Trinajstić information content (AvgIpc) is 3.23. The number of benzene rings is 2. The normalized spacial score (nSPS) is 15.8. The highest BCUT2D eigenvalue weighted by Crippen LogP contribution is 2.40. The second-order valence-corrected chi connectivity index (χ2v) is 10.9. The second kappa shape index (κ2) is 11.5. The molecule has 0 bridgehead atoms. The molecule has 1 unspecified atom stereocenters. The number of carbonyl (C=O) groups excluding carboxylic acids is 1. The number of aromatic nitrogens is 3. The van der Waals surface area contributed by atoms with Gasteiger partial charge in [-0.2, -0.15) is 13.2 Å². The Bertz CT molecular complexity index is 1630. The number of hydrogen-bond acceptors (Lipinski definition) is 5. The Balaban J connectivity index is 1.39. The number of amides is 1. The number of hydrogen-bond donors (Lipinski definition) is 2. The van der Waals surface area contributed by atoms with E-state index in [-0.39, 0.29) is 35.1 Å². The lowest BCUT2D eigenvalue weighted by atomic mass is 9.97. The molecular formula is C27H23Cl3F4N6O. The summed E-state index contributed by atoms with van der Waals surface area (Å²) in [6, 6.07) is 7.83. The van der Waals surface area contributed by atoms with E-state index in [1.807, 2.05) is 0 Å². The third-order valence-corrected chi connectivity index (χ3v) is 8.09. The van der Waals surface area contributed by atoms with Crippen LogP contribution in [0.5, 0.6) is 0 Å². The van der Waals surface area contributed by atoms with E-state index in [4.69, 9.17) is 34.8 Å². The maximum atomic E-state index is 13.9. The fourth-order valence-corrected chi connectivity index (χ4v) is 5.62. The summed E-state index contributed by atoms with van der Waals surface area (Å²) in [5.41, 5.74) is 2.33. The molecule has 7 nitrogen and oxygen atoms in total. The van der Waals surface area contributed by atoms with Gasteiger partial charge in [-0.1, -0.05) is 40.9 Å². The highest BCUT2D eigenvalue weighted by atomic mass is 35.5. The molecule has 0 radical (unpaired) electrons. The zero-order chi connectivity index (χ0) is 29.5. The maximum absolute atomic E-state index is 13.9. The molecule has 5 rings (SSSR count). The van der Waals surface area contributed by atoms with Crippen molar-refractivity contribution < 1.29 is 22.4 Å². The zero-order valence-electron chi connectivity index (χ0n) is 21.5. The van der Waals surface area contributed by atoms with E-state index in [1.54, 1.807) is 40.8 Å². The average molecular weight is 630 g/mol. The summed E-state index contributed by atoms with van der Waals surface area (Å²) < 4.78 is 55.8. The van der Waals surface area contributed by atoms with Gasteiger partial charge in [-0.3, -0.25) is 9.78 Å². The molecule has 1 amide bonds. The first-order valence-electron chi connectivity index (χ1n) is 12.5. The van der Waals surface area contributed by atoms with Crippen molar-refractivity contribution in [3.05, 3.63) is 74.7 Å². The molecule has 1 aliphatic heterocycles. The molecule has 1 fully saturated rings. The third kappa shape index (κ3) is 6.02. The van der Waals surface area contributed by atoms with Gasteiger partial charge in [0.05, 0.1) is 55.2 Å². The van der Waals surface area contributed by atoms with Gasteiger partial charge in [0.1, 0.15) is 0 Å². The number of fused-ring (bicyclic) bond motifs is 1. The summed E-state index contributed by atoms with van der Waals surface area (Å²) in [7, 11) is 1.74. The van der Waals surface area contributed by atoms with E-state index in [2.05, 4.69) is 20.6 Å². The molecule has 4 aromatic rings. The Labute approximate surface area is 247 Å². The van der Waals surface area contributed by atoms with E-state index in [0.29, 0.717) is 51.9 Å². The molecule has 216 valence electrons. The number of nitrogens with zero attached hydrogens (tertiary/aromatic N) is 4. The lowest BCUT2D eigenvalue weighted by Gasteiger charge is -2.35. The van der Waals surface area contributed by atoms with E-state index < -0.39 is 23.8 Å². The number of imidazole rings is 1. The molecule has 41 heavy (non-hydrogen) atoms. The lowest BCUT2D eigenvalue weighted by molar-refractivity contribution is -0.175. The van der Waals surface area contributed by atoms with Crippen molar-refractivity contribution in [3.63, 3.8) is 0 Å². The minimum Gasteiger partial charge on any atom is -0.370 e. The van der Waals surface area contributed by atoms with Crippen molar-refractivity contribution in [1.29, 1.82) is 0 Å². The van der Waals surface area contributed by atoms with Gasteiger partial charge in [0.2, 0.25) is 5.95 Å². The standard InChI is InChI=1S/C27H23Cl3F4N6O/c1-39-22-10-21(40-8-2-3-15(13-40)27(32,33)34)18(29)9-20(22)37-26(39)38-24-17(28)5-4-14(23(24)30)11-36-25(41)16-6-7-35-12-19(16)31/h4-7,9-10,12,15H,2-3,8,11,13H2,1H3,(H,36,41)(H,37,38). The van der Waals surface area contributed by atoms with Crippen LogP contribution in [0.1, 0.15) is 28.8 Å². The number of alkyl halides is 3. The summed E-state index contributed by atoms with van der Waals surface area (Å²) >= 11 is 19.6. The van der Waals surface area contributed by atoms with Crippen LogP contribution in [0.25, 0.3) is 11.0 Å². The van der Waals surface area contributed by atoms with Gasteiger partial charge in [0.15, 0.2) is 5.82 Å². The maximum Gasteiger partial charge on any atom is 0.393 e. The van der Waals surface area contributed by atoms with Crippen LogP contribution in [0.4, 0.5) is 34.9 Å². The van der Waals surface area contributed by atoms with Crippen molar-refractivity contribution >= 4 is 69.1 Å². The number of piperidine rings is 1. The van der Waals surface area contributed by atoms with Gasteiger partial charge < -0.3 is 20.1 Å². The number of rotatable bonds is 6. The third-order valence-electron chi connectivity index (χ3n) is 7.04. The molecule has 2 aromatic heterocycles. The number of halogens is 7. The van der Waals surface area contributed by atoms with Gasteiger partial charge in [0, 0.05) is 32.9 Å².